The van der Waals surface area contributed by atoms with E-state index >= 15 is 0 Å². The summed E-state index contributed by atoms with van der Waals surface area (Å²) in [6.07, 6.45) is 9.31. The Kier molecular flexibility index (Phi) is 21.2. The van der Waals surface area contributed by atoms with E-state index in [1.54, 1.807) is 0 Å². The minimum Gasteiger partial charge on any atom is -0.261 e. The van der Waals surface area contributed by atoms with E-state index in [0.29, 0.717) is 0 Å². The highest BCUT2D eigenvalue weighted by atomic mass is 14.9. The molecule has 5 aromatic heterocycles. The highest BCUT2D eigenvalue weighted by Crippen LogP contribution is 2.32. The molecule has 0 bridgehead atoms. The van der Waals surface area contributed by atoms with Crippen LogP contribution in [-0.2, 0) is 54.1 Å². The summed E-state index contributed by atoms with van der Waals surface area (Å²) < 4.78 is 0. The molecule has 70 heavy (non-hydrogen) atoms. The van der Waals surface area contributed by atoms with Crippen LogP contribution in [0.15, 0.2) is 73.4 Å². The zero-order valence-corrected chi connectivity index (χ0v) is 50.5. The van der Waals surface area contributed by atoms with Gasteiger partial charge in [0.1, 0.15) is 11.6 Å². The highest BCUT2D eigenvalue weighted by molar-refractivity contribution is 5.32. The molecule has 0 amide bonds. The fourth-order valence-corrected chi connectivity index (χ4v) is 6.24. The van der Waals surface area contributed by atoms with Crippen molar-refractivity contribution in [3.05, 3.63) is 131 Å². The van der Waals surface area contributed by atoms with Crippen LogP contribution in [0.4, 0.5) is 0 Å². The van der Waals surface area contributed by atoms with Crippen LogP contribution >= 0.6 is 0 Å². The summed E-state index contributed by atoms with van der Waals surface area (Å²) in [6.45, 7) is 65.3. The van der Waals surface area contributed by atoms with Crippen molar-refractivity contribution in [1.82, 2.24) is 39.9 Å². The van der Waals surface area contributed by atoms with Gasteiger partial charge >= 0.3 is 0 Å². The van der Waals surface area contributed by atoms with Gasteiger partial charge in [-0.2, -0.15) is 0 Å². The standard InChI is InChI=1S/2C13H21N.3C12H20N2/c1-12(2,3)10-8-7-9-14-11(10)13(4,5)6;1-12(2,3)10-8-7-9-11(14-10)13(4,5)6;1-11(2,3)9-7-13-8-10(14-9)12(4,5)6;2*1-11(2,3)9-7-8-13-10(14-9)12(4,5)6/h2*7-9H,1-6H3;3*7-8H,1-6H3. The molecule has 5 aromatic rings. The topological polar surface area (TPSA) is 103 Å². The lowest BCUT2D eigenvalue weighted by Crippen LogP contribution is -2.23. The molecule has 0 N–H and O–H groups in total. The van der Waals surface area contributed by atoms with E-state index in [2.05, 4.69) is 267 Å². The Morgan fingerprint density at radius 3 is 0.843 bits per heavy atom. The Morgan fingerprint density at radius 2 is 0.571 bits per heavy atom. The molecule has 8 heteroatoms. The second-order valence-electron chi connectivity index (χ2n) is 29.1. The van der Waals surface area contributed by atoms with Gasteiger partial charge in [0.15, 0.2) is 0 Å². The first-order chi connectivity index (χ1) is 31.1. The van der Waals surface area contributed by atoms with Gasteiger partial charge < -0.3 is 0 Å². The highest BCUT2D eigenvalue weighted by Gasteiger charge is 2.27. The van der Waals surface area contributed by atoms with Gasteiger partial charge in [0, 0.05) is 108 Å². The lowest BCUT2D eigenvalue weighted by atomic mass is 9.78. The van der Waals surface area contributed by atoms with E-state index in [9.17, 15) is 0 Å². The molecule has 0 aromatic carbocycles. The lowest BCUT2D eigenvalue weighted by molar-refractivity contribution is 0.513. The number of hydrogen-bond donors (Lipinski definition) is 0. The van der Waals surface area contributed by atoms with E-state index in [-0.39, 0.29) is 54.1 Å². The molecule has 390 valence electrons. The maximum Gasteiger partial charge on any atom is 0.133 e. The van der Waals surface area contributed by atoms with Crippen molar-refractivity contribution in [1.29, 1.82) is 0 Å². The molecule has 0 aliphatic heterocycles. The second kappa shape index (κ2) is 23.4. The van der Waals surface area contributed by atoms with E-state index in [0.717, 1.165) is 34.4 Å². The molecule has 0 aliphatic rings. The van der Waals surface area contributed by atoms with Crippen molar-refractivity contribution in [2.45, 2.75) is 262 Å². The average molecular weight is 960 g/mol. The molecule has 0 saturated carbocycles. The van der Waals surface area contributed by atoms with Crippen molar-refractivity contribution < 1.29 is 0 Å². The van der Waals surface area contributed by atoms with Gasteiger partial charge in [-0.15, -0.1) is 0 Å². The monoisotopic (exact) mass is 959 g/mol. The number of pyridine rings is 2. The van der Waals surface area contributed by atoms with Crippen molar-refractivity contribution in [2.24, 2.45) is 0 Å². The van der Waals surface area contributed by atoms with Gasteiger partial charge in [-0.25, -0.2) is 19.9 Å². The number of hydrogen-bond acceptors (Lipinski definition) is 8. The summed E-state index contributed by atoms with van der Waals surface area (Å²) in [6, 6.07) is 14.5. The summed E-state index contributed by atoms with van der Waals surface area (Å²) >= 11 is 0. The van der Waals surface area contributed by atoms with E-state index in [1.165, 1.54) is 22.6 Å². The van der Waals surface area contributed by atoms with Gasteiger partial charge in [-0.05, 0) is 41.3 Å². The average Bonchev–Trinajstić information content (AvgIpc) is 3.19. The van der Waals surface area contributed by atoms with Crippen LogP contribution in [0, 0.1) is 0 Å². The van der Waals surface area contributed by atoms with E-state index in [4.69, 9.17) is 4.98 Å². The third-order valence-electron chi connectivity index (χ3n) is 11.0. The maximum absolute atomic E-state index is 4.72. The van der Waals surface area contributed by atoms with E-state index < -0.39 is 0 Å². The van der Waals surface area contributed by atoms with Gasteiger partial charge in [0.25, 0.3) is 0 Å². The van der Waals surface area contributed by atoms with Crippen molar-refractivity contribution in [2.75, 3.05) is 0 Å². The summed E-state index contributed by atoms with van der Waals surface area (Å²) in [5.74, 6) is 1.84. The molecule has 0 unspecified atom stereocenters. The Morgan fingerprint density at radius 1 is 0.257 bits per heavy atom. The second-order valence-corrected chi connectivity index (χ2v) is 29.1. The van der Waals surface area contributed by atoms with Gasteiger partial charge in [-0.1, -0.05) is 220 Å². The Labute approximate surface area is 430 Å². The molecule has 0 spiro atoms. The maximum atomic E-state index is 4.72. The Bertz CT molecular complexity index is 1940. The third kappa shape index (κ3) is 21.9. The van der Waals surface area contributed by atoms with Crippen LogP contribution in [0.2, 0.25) is 0 Å². The molecular weight excluding hydrogens is 857 g/mol. The minimum atomic E-state index is 0.0290. The minimum absolute atomic E-state index is 0.0290. The van der Waals surface area contributed by atoms with Crippen LogP contribution in [0.25, 0.3) is 0 Å². The number of nitrogens with zero attached hydrogens (tertiary/aromatic N) is 8. The zero-order chi connectivity index (χ0) is 54.9. The first kappa shape index (κ1) is 63.6. The first-order valence-corrected chi connectivity index (χ1v) is 25.5. The predicted octanol–water partition coefficient (Wildman–Crippen LogP) is 16.6. The van der Waals surface area contributed by atoms with Crippen LogP contribution < -0.4 is 0 Å². The predicted molar refractivity (Wildman–Crippen MR) is 302 cm³/mol. The largest absolute Gasteiger partial charge is 0.261 e. The Balaban J connectivity index is 0.000000437. The molecule has 0 radical (unpaired) electrons. The molecule has 5 heterocycles. The summed E-state index contributed by atoms with van der Waals surface area (Å²) in [7, 11) is 0. The van der Waals surface area contributed by atoms with Gasteiger partial charge in [0.2, 0.25) is 0 Å². The smallest absolute Gasteiger partial charge is 0.133 e. The number of aromatic nitrogens is 8. The van der Waals surface area contributed by atoms with Crippen molar-refractivity contribution >= 4 is 0 Å². The summed E-state index contributed by atoms with van der Waals surface area (Å²) in [5.41, 5.74) is 10.2. The third-order valence-corrected chi connectivity index (χ3v) is 11.0. The first-order valence-electron chi connectivity index (χ1n) is 25.5. The fourth-order valence-electron chi connectivity index (χ4n) is 6.24. The van der Waals surface area contributed by atoms with Gasteiger partial charge in [-0.3, -0.25) is 19.9 Å². The van der Waals surface area contributed by atoms with Crippen molar-refractivity contribution in [3.63, 3.8) is 0 Å². The van der Waals surface area contributed by atoms with Crippen LogP contribution in [0.1, 0.15) is 265 Å². The fraction of sp³-hybridized carbons (Fsp3) is 0.645. The van der Waals surface area contributed by atoms with Crippen LogP contribution in [0.3, 0.4) is 0 Å². The zero-order valence-electron chi connectivity index (χ0n) is 50.5. The summed E-state index contributed by atoms with van der Waals surface area (Å²) in [4.78, 5) is 36.0. The summed E-state index contributed by atoms with van der Waals surface area (Å²) in [5, 5.41) is 0. The SMILES string of the molecule is CC(C)(C)c1cccc(C(C)(C)C)n1.CC(C)(C)c1cccnc1C(C)(C)C.CC(C)(C)c1ccnc(C(C)(C)C)n1.CC(C)(C)c1ccnc(C(C)(C)C)n1.CC(C)(C)c1cncc(C(C)(C)C)n1. The molecule has 0 atom stereocenters. The van der Waals surface area contributed by atoms with Crippen LogP contribution in [0.5, 0.6) is 0 Å². The lowest BCUT2D eigenvalue weighted by Gasteiger charge is -2.28. The Hall–Kier alpha value is -4.46. The molecule has 5 rings (SSSR count). The quantitative estimate of drug-likeness (QED) is 0.151. The van der Waals surface area contributed by atoms with Crippen molar-refractivity contribution in [3.8, 4) is 0 Å². The van der Waals surface area contributed by atoms with Gasteiger partial charge in [0.05, 0.1) is 11.4 Å². The molecule has 8 nitrogen and oxygen atoms in total. The molecular formula is C62H102N8. The molecule has 0 aliphatic carbocycles. The number of rotatable bonds is 0. The van der Waals surface area contributed by atoms with E-state index in [1.807, 2.05) is 49.2 Å². The van der Waals surface area contributed by atoms with Crippen LogP contribution in [-0.4, -0.2) is 39.9 Å². The normalized spacial score (nSPS) is 13.0. The molecule has 0 saturated heterocycles. The molecule has 0 fully saturated rings.